The summed E-state index contributed by atoms with van der Waals surface area (Å²) in [7, 11) is 0. The summed E-state index contributed by atoms with van der Waals surface area (Å²) in [5.41, 5.74) is 4.13. The van der Waals surface area contributed by atoms with Crippen molar-refractivity contribution in [3.8, 4) is 11.5 Å². The molecule has 1 aromatic carbocycles. The first kappa shape index (κ1) is 24.6. The van der Waals surface area contributed by atoms with Gasteiger partial charge in [-0.25, -0.2) is 4.79 Å². The normalized spacial score (nSPS) is 19.3. The molecule has 0 spiro atoms. The second-order valence-electron chi connectivity index (χ2n) is 10.1. The van der Waals surface area contributed by atoms with Crippen LogP contribution in [0.2, 0.25) is 0 Å². The summed E-state index contributed by atoms with van der Waals surface area (Å²) in [4.78, 5) is 10.9. The Balaban J connectivity index is 2.01. The fourth-order valence-corrected chi connectivity index (χ4v) is 4.65. The van der Waals surface area contributed by atoms with Crippen LogP contribution in [0.1, 0.15) is 94.9 Å². The average Bonchev–Trinajstić information content (AvgIpc) is 2.65. The van der Waals surface area contributed by atoms with Crippen LogP contribution in [0.4, 0.5) is 0 Å². The molecular formula is C26H42O4. The van der Waals surface area contributed by atoms with Crippen LogP contribution < -0.4 is 9.47 Å². The molecule has 1 aliphatic rings. The van der Waals surface area contributed by atoms with Gasteiger partial charge in [0.05, 0.1) is 0 Å². The molecule has 0 aromatic heterocycles. The maximum atomic E-state index is 10.9. The molecule has 0 saturated carbocycles. The summed E-state index contributed by atoms with van der Waals surface area (Å²) in [5.74, 6) is 2.33. The fraction of sp³-hybridized carbons (Fsp3) is 0.731. The van der Waals surface area contributed by atoms with Crippen LogP contribution in [-0.2, 0) is 11.2 Å². The Morgan fingerprint density at radius 3 is 2.37 bits per heavy atom. The van der Waals surface area contributed by atoms with Crippen LogP contribution in [-0.4, -0.2) is 23.3 Å². The lowest BCUT2D eigenvalue weighted by molar-refractivity contribution is -0.139. The van der Waals surface area contributed by atoms with Crippen LogP contribution in [0.15, 0.2) is 0 Å². The predicted octanol–water partition coefficient (Wildman–Crippen LogP) is 6.79. The smallest absolute Gasteiger partial charge is 0.341 e. The lowest BCUT2D eigenvalue weighted by atomic mass is 9.84. The van der Waals surface area contributed by atoms with E-state index in [9.17, 15) is 4.79 Å². The highest BCUT2D eigenvalue weighted by atomic mass is 16.5. The molecule has 0 fully saturated rings. The molecule has 0 amide bonds. The summed E-state index contributed by atoms with van der Waals surface area (Å²) in [6, 6.07) is 0. The Bertz CT molecular complexity index is 737. The molecule has 1 N–H and O–H groups in total. The number of carboxylic acids is 1. The lowest BCUT2D eigenvalue weighted by Gasteiger charge is -2.38. The summed E-state index contributed by atoms with van der Waals surface area (Å²) in [5, 5.41) is 8.98. The minimum absolute atomic E-state index is 0.127. The Morgan fingerprint density at radius 1 is 1.07 bits per heavy atom. The minimum atomic E-state index is -0.952. The van der Waals surface area contributed by atoms with Gasteiger partial charge in [0.25, 0.3) is 0 Å². The number of carboxylic acid groups (broad SMARTS) is 1. The third-order valence-corrected chi connectivity index (χ3v) is 6.78. The Kier molecular flexibility index (Phi) is 8.63. The third-order valence-electron chi connectivity index (χ3n) is 6.78. The average molecular weight is 419 g/mol. The molecule has 1 aliphatic heterocycles. The highest BCUT2D eigenvalue weighted by molar-refractivity contribution is 5.69. The van der Waals surface area contributed by atoms with Crippen molar-refractivity contribution in [3.05, 3.63) is 22.3 Å². The van der Waals surface area contributed by atoms with Gasteiger partial charge in [-0.15, -0.1) is 0 Å². The molecule has 1 aromatic rings. The van der Waals surface area contributed by atoms with Gasteiger partial charge in [0.1, 0.15) is 17.1 Å². The first-order chi connectivity index (χ1) is 14.0. The molecule has 0 aliphatic carbocycles. The van der Waals surface area contributed by atoms with Gasteiger partial charge in [-0.05, 0) is 81.9 Å². The molecule has 1 heterocycles. The van der Waals surface area contributed by atoms with Gasteiger partial charge < -0.3 is 14.6 Å². The molecular weight excluding hydrogens is 376 g/mol. The molecule has 4 heteroatoms. The van der Waals surface area contributed by atoms with E-state index in [0.29, 0.717) is 5.75 Å². The number of rotatable bonds is 11. The van der Waals surface area contributed by atoms with E-state index in [1.807, 2.05) is 13.8 Å². The van der Waals surface area contributed by atoms with E-state index in [2.05, 4.69) is 34.6 Å². The zero-order chi connectivity index (χ0) is 22.5. The van der Waals surface area contributed by atoms with Crippen molar-refractivity contribution in [1.82, 2.24) is 0 Å². The van der Waals surface area contributed by atoms with Gasteiger partial charge in [-0.1, -0.05) is 46.5 Å². The number of hydrogen-bond acceptors (Lipinski definition) is 3. The molecule has 0 radical (unpaired) electrons. The van der Waals surface area contributed by atoms with Gasteiger partial charge in [-0.2, -0.15) is 0 Å². The second kappa shape index (κ2) is 10.5. The molecule has 2 unspecified atom stereocenters. The maximum absolute atomic E-state index is 10.9. The third kappa shape index (κ3) is 6.39. The minimum Gasteiger partial charge on any atom is -0.487 e. The van der Waals surface area contributed by atoms with Crippen LogP contribution in [0.3, 0.4) is 0 Å². The first-order valence-electron chi connectivity index (χ1n) is 11.7. The highest BCUT2D eigenvalue weighted by Crippen LogP contribution is 2.45. The fourth-order valence-electron chi connectivity index (χ4n) is 4.65. The second-order valence-corrected chi connectivity index (χ2v) is 10.1. The Labute approximate surface area is 183 Å². The Morgan fingerprint density at radius 2 is 1.73 bits per heavy atom. The van der Waals surface area contributed by atoms with Crippen molar-refractivity contribution in [2.75, 3.05) is 6.61 Å². The zero-order valence-corrected chi connectivity index (χ0v) is 20.2. The van der Waals surface area contributed by atoms with E-state index < -0.39 is 5.97 Å². The highest BCUT2D eigenvalue weighted by Gasteiger charge is 2.34. The SMILES string of the molecule is Cc1c(C)c2c(c(C)c1OCC(=O)O)CCC(C)(CCCC(C)CCCC(C)C)O2. The molecule has 2 rings (SSSR count). The lowest BCUT2D eigenvalue weighted by Crippen LogP contribution is -2.37. The summed E-state index contributed by atoms with van der Waals surface area (Å²) in [6.07, 6.45) is 9.48. The quantitative estimate of drug-likeness (QED) is 0.430. The molecule has 0 bridgehead atoms. The van der Waals surface area contributed by atoms with E-state index in [1.54, 1.807) is 0 Å². The van der Waals surface area contributed by atoms with Crippen molar-refractivity contribution in [2.24, 2.45) is 11.8 Å². The van der Waals surface area contributed by atoms with E-state index in [4.69, 9.17) is 14.6 Å². The van der Waals surface area contributed by atoms with Crippen LogP contribution >= 0.6 is 0 Å². The maximum Gasteiger partial charge on any atom is 0.341 e. The van der Waals surface area contributed by atoms with Crippen LogP contribution in [0.25, 0.3) is 0 Å². The van der Waals surface area contributed by atoms with Gasteiger partial charge >= 0.3 is 5.97 Å². The number of aliphatic carboxylic acids is 1. The monoisotopic (exact) mass is 418 g/mol. The van der Waals surface area contributed by atoms with E-state index in [1.165, 1.54) is 37.7 Å². The van der Waals surface area contributed by atoms with Crippen LogP contribution in [0.5, 0.6) is 11.5 Å². The molecule has 0 saturated heterocycles. The van der Waals surface area contributed by atoms with Crippen molar-refractivity contribution in [3.63, 3.8) is 0 Å². The number of hydrogen-bond donors (Lipinski definition) is 1. The molecule has 2 atom stereocenters. The van der Waals surface area contributed by atoms with Crippen molar-refractivity contribution in [2.45, 2.75) is 105 Å². The summed E-state index contributed by atoms with van der Waals surface area (Å²) >= 11 is 0. The van der Waals surface area contributed by atoms with Gasteiger partial charge in [0.15, 0.2) is 6.61 Å². The summed E-state index contributed by atoms with van der Waals surface area (Å²) in [6.45, 7) is 15.0. The predicted molar refractivity (Wildman–Crippen MR) is 123 cm³/mol. The standard InChI is InChI=1S/C26H42O4/c1-17(2)10-8-11-18(3)12-9-14-26(7)15-13-22-21(6)24(29-16-23(27)28)19(4)20(5)25(22)30-26/h17-18H,8-16H2,1-7H3,(H,27,28). The molecule has 30 heavy (non-hydrogen) atoms. The van der Waals surface area contributed by atoms with Crippen molar-refractivity contribution >= 4 is 5.97 Å². The largest absolute Gasteiger partial charge is 0.487 e. The van der Waals surface area contributed by atoms with Gasteiger partial charge in [-0.3, -0.25) is 0 Å². The van der Waals surface area contributed by atoms with Crippen LogP contribution in [0, 0.1) is 32.6 Å². The molecule has 170 valence electrons. The van der Waals surface area contributed by atoms with E-state index >= 15 is 0 Å². The first-order valence-corrected chi connectivity index (χ1v) is 11.7. The number of ether oxygens (including phenoxy) is 2. The van der Waals surface area contributed by atoms with E-state index in [0.717, 1.165) is 53.5 Å². The van der Waals surface area contributed by atoms with Crippen molar-refractivity contribution in [1.29, 1.82) is 0 Å². The summed E-state index contributed by atoms with van der Waals surface area (Å²) < 4.78 is 12.2. The number of carbonyl (C=O) groups is 1. The molecule has 4 nitrogen and oxygen atoms in total. The Hall–Kier alpha value is -1.71. The van der Waals surface area contributed by atoms with Gasteiger partial charge in [0, 0.05) is 5.56 Å². The zero-order valence-electron chi connectivity index (χ0n) is 20.2. The van der Waals surface area contributed by atoms with Crippen molar-refractivity contribution < 1.29 is 19.4 Å². The topological polar surface area (TPSA) is 55.8 Å². The van der Waals surface area contributed by atoms with E-state index in [-0.39, 0.29) is 12.2 Å². The van der Waals surface area contributed by atoms with Gasteiger partial charge in [0.2, 0.25) is 0 Å². The number of benzene rings is 1. The number of fused-ring (bicyclic) bond motifs is 1.